The van der Waals surface area contributed by atoms with E-state index >= 15 is 0 Å². The third kappa shape index (κ3) is 7.04. The fraction of sp³-hybridized carbons (Fsp3) is 0.235. The molecule has 0 fully saturated rings. The second-order valence-corrected chi connectivity index (χ2v) is 8.25. The van der Waals surface area contributed by atoms with Crippen molar-refractivity contribution in [1.82, 2.24) is 20.4 Å². The largest absolute Gasteiger partial charge is 0.444 e. The number of hydrogen-bond donors (Lipinski definition) is 3. The van der Waals surface area contributed by atoms with E-state index in [2.05, 4.69) is 48.3 Å². The molecule has 0 aliphatic heterocycles. The molecule has 0 atom stereocenters. The molecule has 10 heteroatoms. The van der Waals surface area contributed by atoms with E-state index in [0.29, 0.717) is 16.0 Å². The van der Waals surface area contributed by atoms with Gasteiger partial charge < -0.3 is 4.74 Å². The van der Waals surface area contributed by atoms with Crippen LogP contribution < -0.4 is 5.32 Å². The van der Waals surface area contributed by atoms with Crippen molar-refractivity contribution in [2.75, 3.05) is 5.32 Å². The second-order valence-electron chi connectivity index (χ2n) is 6.33. The van der Waals surface area contributed by atoms with Crippen LogP contribution in [0.15, 0.2) is 36.7 Å². The summed E-state index contributed by atoms with van der Waals surface area (Å²) in [5.74, 6) is 0. The summed E-state index contributed by atoms with van der Waals surface area (Å²) in [7, 11) is 0. The average Bonchev–Trinajstić information content (AvgIpc) is 3.15. The molecule has 3 N–H and O–H groups in total. The first-order valence-electron chi connectivity index (χ1n) is 7.79. The molecular weight excluding hydrogens is 504 g/mol. The third-order valence-electron chi connectivity index (χ3n) is 2.98. The highest BCUT2D eigenvalue weighted by atomic mass is 127. The summed E-state index contributed by atoms with van der Waals surface area (Å²) in [6, 6.07) is 7.26. The van der Waals surface area contributed by atoms with Crippen molar-refractivity contribution >= 4 is 57.6 Å². The molecule has 3 aromatic rings. The maximum Gasteiger partial charge on any atom is 0.412 e. The summed E-state index contributed by atoms with van der Waals surface area (Å²) in [6.45, 7) is 5.45. The van der Waals surface area contributed by atoms with E-state index in [4.69, 9.17) is 27.9 Å². The SMILES string of the molecule is CC(C)(C)OC(=O)Nc1ccc(-c2cn[nH]c2Cl)cc1.Clc1[nH]ncc1I. The number of hydrogen-bond acceptors (Lipinski definition) is 4. The van der Waals surface area contributed by atoms with Crippen molar-refractivity contribution in [2.45, 2.75) is 26.4 Å². The Morgan fingerprint density at radius 2 is 1.67 bits per heavy atom. The Morgan fingerprint density at radius 3 is 2.07 bits per heavy atom. The summed E-state index contributed by atoms with van der Waals surface area (Å²) in [5, 5.41) is 16.5. The van der Waals surface area contributed by atoms with Gasteiger partial charge in [0.15, 0.2) is 0 Å². The van der Waals surface area contributed by atoms with Crippen LogP contribution in [0.5, 0.6) is 0 Å². The highest BCUT2D eigenvalue weighted by Gasteiger charge is 2.16. The highest BCUT2D eigenvalue weighted by molar-refractivity contribution is 14.1. The van der Waals surface area contributed by atoms with Crippen molar-refractivity contribution in [3.8, 4) is 11.1 Å². The molecule has 0 saturated heterocycles. The number of rotatable bonds is 2. The van der Waals surface area contributed by atoms with Gasteiger partial charge in [0.05, 0.1) is 16.0 Å². The number of H-pyrrole nitrogens is 2. The maximum absolute atomic E-state index is 11.6. The molecule has 27 heavy (non-hydrogen) atoms. The zero-order chi connectivity index (χ0) is 20.0. The molecule has 3 rings (SSSR count). The van der Waals surface area contributed by atoms with Crippen LogP contribution in [-0.2, 0) is 4.74 Å². The summed E-state index contributed by atoms with van der Waals surface area (Å²) in [4.78, 5) is 11.6. The zero-order valence-corrected chi connectivity index (χ0v) is 18.5. The summed E-state index contributed by atoms with van der Waals surface area (Å²) >= 11 is 13.6. The lowest BCUT2D eigenvalue weighted by atomic mass is 10.1. The molecule has 0 bridgehead atoms. The standard InChI is InChI=1S/C14H16ClN3O2.C3H2ClIN2/c1-14(2,3)20-13(19)17-10-6-4-9(5-7-10)11-8-16-18-12(11)15;4-3-2(5)1-6-7-3/h4-8H,1-3H3,(H,16,18)(H,17,19);1H,(H,6,7). The quantitative estimate of drug-likeness (QED) is 0.374. The number of amides is 1. The van der Waals surface area contributed by atoms with Gasteiger partial charge in [0.1, 0.15) is 15.9 Å². The van der Waals surface area contributed by atoms with Crippen LogP contribution in [0, 0.1) is 3.57 Å². The van der Waals surface area contributed by atoms with Crippen LogP contribution in [0.3, 0.4) is 0 Å². The first-order chi connectivity index (χ1) is 12.7. The number of halogens is 3. The lowest BCUT2D eigenvalue weighted by Crippen LogP contribution is -2.27. The number of carbonyl (C=O) groups excluding carboxylic acids is 1. The van der Waals surface area contributed by atoms with E-state index in [1.807, 2.05) is 32.9 Å². The molecule has 0 radical (unpaired) electrons. The zero-order valence-electron chi connectivity index (χ0n) is 14.8. The predicted octanol–water partition coefficient (Wildman–Crippen LogP) is 5.74. The number of carbonyl (C=O) groups is 1. The van der Waals surface area contributed by atoms with E-state index in [1.54, 1.807) is 24.5 Å². The van der Waals surface area contributed by atoms with Gasteiger partial charge in [-0.15, -0.1) is 0 Å². The maximum atomic E-state index is 11.6. The van der Waals surface area contributed by atoms with Gasteiger partial charge in [-0.3, -0.25) is 15.5 Å². The fourth-order valence-electron chi connectivity index (χ4n) is 1.88. The van der Waals surface area contributed by atoms with Crippen molar-refractivity contribution in [3.05, 3.63) is 50.5 Å². The minimum Gasteiger partial charge on any atom is -0.444 e. The molecule has 1 aromatic carbocycles. The van der Waals surface area contributed by atoms with Gasteiger partial charge >= 0.3 is 6.09 Å². The molecule has 0 spiro atoms. The Kier molecular flexibility index (Phi) is 7.51. The topological polar surface area (TPSA) is 95.7 Å². The Hall–Kier alpha value is -1.78. The second kappa shape index (κ2) is 9.43. The number of benzene rings is 1. The Balaban J connectivity index is 0.000000313. The molecule has 0 saturated carbocycles. The summed E-state index contributed by atoms with van der Waals surface area (Å²) < 4.78 is 6.13. The molecule has 7 nitrogen and oxygen atoms in total. The van der Waals surface area contributed by atoms with Gasteiger partial charge in [-0.25, -0.2) is 4.79 Å². The van der Waals surface area contributed by atoms with Crippen molar-refractivity contribution in [2.24, 2.45) is 0 Å². The molecule has 0 aliphatic rings. The minimum atomic E-state index is -0.520. The normalized spacial score (nSPS) is 10.7. The minimum absolute atomic E-state index is 0.480. The molecule has 2 heterocycles. The van der Waals surface area contributed by atoms with Crippen LogP contribution in [0.1, 0.15) is 20.8 Å². The smallest absolute Gasteiger partial charge is 0.412 e. The van der Waals surface area contributed by atoms with Crippen LogP contribution in [0.4, 0.5) is 10.5 Å². The lowest BCUT2D eigenvalue weighted by molar-refractivity contribution is 0.0636. The summed E-state index contributed by atoms with van der Waals surface area (Å²) in [5.41, 5.74) is 1.87. The lowest BCUT2D eigenvalue weighted by Gasteiger charge is -2.19. The van der Waals surface area contributed by atoms with Crippen LogP contribution in [0.2, 0.25) is 10.3 Å². The molecule has 0 unspecified atom stereocenters. The number of anilines is 1. The fourth-order valence-corrected chi connectivity index (χ4v) is 2.45. The average molecular weight is 522 g/mol. The van der Waals surface area contributed by atoms with Crippen molar-refractivity contribution in [1.29, 1.82) is 0 Å². The molecule has 144 valence electrons. The molecular formula is C17H18Cl2IN5O2. The van der Waals surface area contributed by atoms with E-state index < -0.39 is 11.7 Å². The van der Waals surface area contributed by atoms with E-state index in [0.717, 1.165) is 14.7 Å². The third-order valence-corrected chi connectivity index (χ3v) is 4.70. The number of aromatic amines is 2. The van der Waals surface area contributed by atoms with Crippen LogP contribution >= 0.6 is 45.8 Å². The van der Waals surface area contributed by atoms with E-state index in [9.17, 15) is 4.79 Å². The number of ether oxygens (including phenoxy) is 1. The van der Waals surface area contributed by atoms with Gasteiger partial charge in [-0.2, -0.15) is 10.2 Å². The predicted molar refractivity (Wildman–Crippen MR) is 115 cm³/mol. The summed E-state index contributed by atoms with van der Waals surface area (Å²) in [6.07, 6.45) is 2.84. The van der Waals surface area contributed by atoms with Gasteiger partial charge in [0, 0.05) is 11.3 Å². The van der Waals surface area contributed by atoms with E-state index in [1.165, 1.54) is 0 Å². The highest BCUT2D eigenvalue weighted by Crippen LogP contribution is 2.26. The number of aromatic nitrogens is 4. The first kappa shape index (κ1) is 21.5. The Labute approximate surface area is 180 Å². The van der Waals surface area contributed by atoms with Gasteiger partial charge in [-0.05, 0) is 61.1 Å². The molecule has 0 aliphatic carbocycles. The van der Waals surface area contributed by atoms with Gasteiger partial charge in [0.25, 0.3) is 0 Å². The van der Waals surface area contributed by atoms with Gasteiger partial charge in [-0.1, -0.05) is 35.3 Å². The molecule has 1 amide bonds. The van der Waals surface area contributed by atoms with Crippen LogP contribution in [0.25, 0.3) is 11.1 Å². The van der Waals surface area contributed by atoms with Gasteiger partial charge in [0.2, 0.25) is 0 Å². The van der Waals surface area contributed by atoms with E-state index in [-0.39, 0.29) is 0 Å². The van der Waals surface area contributed by atoms with Crippen LogP contribution in [-0.4, -0.2) is 32.1 Å². The Bertz CT molecular complexity index is 871. The van der Waals surface area contributed by atoms with Crippen molar-refractivity contribution < 1.29 is 9.53 Å². The Morgan fingerprint density at radius 1 is 1.07 bits per heavy atom. The van der Waals surface area contributed by atoms with Crippen molar-refractivity contribution in [3.63, 3.8) is 0 Å². The number of nitrogens with one attached hydrogen (secondary N) is 3. The first-order valence-corrected chi connectivity index (χ1v) is 9.63. The molecule has 2 aromatic heterocycles. The monoisotopic (exact) mass is 521 g/mol. The number of nitrogens with zero attached hydrogens (tertiary/aromatic N) is 2.